The Labute approximate surface area is 155 Å². The van der Waals surface area contributed by atoms with Gasteiger partial charge in [0.05, 0.1) is 16.3 Å². The molecule has 3 nitrogen and oxygen atoms in total. The van der Waals surface area contributed by atoms with E-state index in [1.54, 1.807) is 11.3 Å². The third-order valence-electron chi connectivity index (χ3n) is 3.98. The summed E-state index contributed by atoms with van der Waals surface area (Å²) in [4.78, 5) is 14.4. The number of aryl methyl sites for hydroxylation is 1. The number of halogens is 1. The number of carbonyl (C=O) groups is 1. The van der Waals surface area contributed by atoms with Gasteiger partial charge in [0.25, 0.3) is 0 Å². The SMILES string of the molecule is N#Cc1c(NC(=O)CSc2ccccc2Cl)sc2c1CCCCC2. The molecule has 0 saturated carbocycles. The van der Waals surface area contributed by atoms with Crippen LogP contribution in [0.5, 0.6) is 0 Å². The van der Waals surface area contributed by atoms with Gasteiger partial charge in [-0.2, -0.15) is 5.26 Å². The van der Waals surface area contributed by atoms with Crippen molar-refractivity contribution < 1.29 is 4.79 Å². The first kappa shape index (κ1) is 17.3. The molecule has 1 aromatic carbocycles. The highest BCUT2D eigenvalue weighted by Crippen LogP contribution is 2.37. The predicted molar refractivity (Wildman–Crippen MR) is 101 cm³/mol. The highest BCUT2D eigenvalue weighted by Gasteiger charge is 2.21. The van der Waals surface area contributed by atoms with Crippen LogP contribution in [0.25, 0.3) is 0 Å². The molecule has 1 N–H and O–H groups in total. The smallest absolute Gasteiger partial charge is 0.235 e. The van der Waals surface area contributed by atoms with Gasteiger partial charge >= 0.3 is 0 Å². The van der Waals surface area contributed by atoms with Crippen molar-refractivity contribution in [1.29, 1.82) is 5.26 Å². The molecule has 1 aliphatic rings. The Balaban J connectivity index is 1.69. The minimum Gasteiger partial charge on any atom is -0.316 e. The summed E-state index contributed by atoms with van der Waals surface area (Å²) in [5.74, 6) is 0.171. The number of fused-ring (bicyclic) bond motifs is 1. The Hall–Kier alpha value is -1.48. The van der Waals surface area contributed by atoms with E-state index in [9.17, 15) is 10.1 Å². The number of anilines is 1. The molecule has 0 aliphatic heterocycles. The Morgan fingerprint density at radius 2 is 2.08 bits per heavy atom. The third kappa shape index (κ3) is 3.94. The lowest BCUT2D eigenvalue weighted by atomic mass is 10.1. The van der Waals surface area contributed by atoms with Crippen molar-refractivity contribution in [3.8, 4) is 6.07 Å². The third-order valence-corrected chi connectivity index (χ3v) is 6.70. The van der Waals surface area contributed by atoms with E-state index in [0.29, 0.717) is 15.6 Å². The summed E-state index contributed by atoms with van der Waals surface area (Å²) in [6.07, 6.45) is 5.45. The fourth-order valence-electron chi connectivity index (χ4n) is 2.82. The van der Waals surface area contributed by atoms with Crippen LogP contribution in [0.4, 0.5) is 5.00 Å². The largest absolute Gasteiger partial charge is 0.316 e. The summed E-state index contributed by atoms with van der Waals surface area (Å²) in [7, 11) is 0. The van der Waals surface area contributed by atoms with E-state index in [0.717, 1.165) is 36.1 Å². The van der Waals surface area contributed by atoms with Crippen molar-refractivity contribution in [2.24, 2.45) is 0 Å². The first-order valence-electron chi connectivity index (χ1n) is 7.91. The lowest BCUT2D eigenvalue weighted by Gasteiger charge is -2.05. The molecular weight excluding hydrogens is 360 g/mol. The van der Waals surface area contributed by atoms with Gasteiger partial charge in [0.15, 0.2) is 0 Å². The van der Waals surface area contributed by atoms with Gasteiger partial charge < -0.3 is 5.32 Å². The average molecular weight is 377 g/mol. The Morgan fingerprint density at radius 1 is 1.29 bits per heavy atom. The van der Waals surface area contributed by atoms with E-state index < -0.39 is 0 Å². The van der Waals surface area contributed by atoms with Crippen molar-refractivity contribution in [2.75, 3.05) is 11.1 Å². The molecule has 24 heavy (non-hydrogen) atoms. The van der Waals surface area contributed by atoms with Crippen molar-refractivity contribution in [3.05, 3.63) is 45.3 Å². The van der Waals surface area contributed by atoms with E-state index >= 15 is 0 Å². The van der Waals surface area contributed by atoms with E-state index in [-0.39, 0.29) is 11.7 Å². The molecule has 0 bridgehead atoms. The van der Waals surface area contributed by atoms with Gasteiger partial charge in [-0.05, 0) is 43.4 Å². The standard InChI is InChI=1S/C18H17ClN2OS2/c19-14-7-4-5-9-16(14)23-11-17(22)21-18-13(10-20)12-6-2-1-3-8-15(12)24-18/h4-5,7,9H,1-3,6,8,11H2,(H,21,22). The molecule has 0 spiro atoms. The van der Waals surface area contributed by atoms with Crippen molar-refractivity contribution in [3.63, 3.8) is 0 Å². The molecule has 124 valence electrons. The summed E-state index contributed by atoms with van der Waals surface area (Å²) in [6, 6.07) is 9.76. The minimum absolute atomic E-state index is 0.104. The van der Waals surface area contributed by atoms with E-state index in [2.05, 4.69) is 11.4 Å². The van der Waals surface area contributed by atoms with Gasteiger partial charge in [-0.25, -0.2) is 0 Å². The van der Waals surface area contributed by atoms with Crippen LogP contribution in [-0.2, 0) is 17.6 Å². The predicted octanol–water partition coefficient (Wildman–Crippen LogP) is 5.27. The zero-order valence-electron chi connectivity index (χ0n) is 13.1. The molecule has 3 rings (SSSR count). The number of hydrogen-bond acceptors (Lipinski definition) is 4. The molecule has 1 amide bonds. The number of carbonyl (C=O) groups excluding carboxylic acids is 1. The minimum atomic E-state index is -0.104. The second-order valence-electron chi connectivity index (χ2n) is 5.65. The molecule has 0 saturated heterocycles. The number of nitrogens with one attached hydrogen (secondary N) is 1. The van der Waals surface area contributed by atoms with Crippen LogP contribution in [0, 0.1) is 11.3 Å². The van der Waals surface area contributed by atoms with Crippen LogP contribution in [-0.4, -0.2) is 11.7 Å². The fraction of sp³-hybridized carbons (Fsp3) is 0.333. The van der Waals surface area contributed by atoms with Gasteiger partial charge in [-0.15, -0.1) is 23.1 Å². The quantitative estimate of drug-likeness (QED) is 0.583. The highest BCUT2D eigenvalue weighted by atomic mass is 35.5. The zero-order chi connectivity index (χ0) is 16.9. The Morgan fingerprint density at radius 3 is 2.88 bits per heavy atom. The number of benzene rings is 1. The summed E-state index contributed by atoms with van der Waals surface area (Å²) in [5, 5.41) is 13.8. The van der Waals surface area contributed by atoms with Gasteiger partial charge in [-0.3, -0.25) is 4.79 Å². The average Bonchev–Trinajstić information content (AvgIpc) is 2.74. The maximum Gasteiger partial charge on any atom is 0.235 e. The maximum atomic E-state index is 12.3. The lowest BCUT2D eigenvalue weighted by Crippen LogP contribution is -2.14. The summed E-state index contributed by atoms with van der Waals surface area (Å²) < 4.78 is 0. The number of nitrogens with zero attached hydrogens (tertiary/aromatic N) is 1. The van der Waals surface area contributed by atoms with Crippen LogP contribution in [0.15, 0.2) is 29.2 Å². The van der Waals surface area contributed by atoms with Crippen LogP contribution < -0.4 is 5.32 Å². The molecule has 1 aromatic heterocycles. The van der Waals surface area contributed by atoms with Crippen molar-refractivity contribution >= 4 is 45.6 Å². The Kier molecular flexibility index (Phi) is 5.83. The van der Waals surface area contributed by atoms with Crippen molar-refractivity contribution in [2.45, 2.75) is 37.0 Å². The molecule has 0 fully saturated rings. The van der Waals surface area contributed by atoms with E-state index in [1.165, 1.54) is 23.1 Å². The normalized spacial score (nSPS) is 13.7. The fourth-order valence-corrected chi connectivity index (χ4v) is 5.11. The number of hydrogen-bond donors (Lipinski definition) is 1. The number of amides is 1. The molecule has 0 unspecified atom stereocenters. The van der Waals surface area contributed by atoms with Gasteiger partial charge in [0.1, 0.15) is 11.1 Å². The summed E-state index contributed by atoms with van der Waals surface area (Å²) >= 11 is 9.07. The van der Waals surface area contributed by atoms with Crippen LogP contribution >= 0.6 is 34.7 Å². The van der Waals surface area contributed by atoms with Crippen LogP contribution in [0.1, 0.15) is 35.3 Å². The monoisotopic (exact) mass is 376 g/mol. The first-order valence-corrected chi connectivity index (χ1v) is 10.1. The summed E-state index contributed by atoms with van der Waals surface area (Å²) in [5.41, 5.74) is 1.81. The van der Waals surface area contributed by atoms with Gasteiger partial charge in [0, 0.05) is 9.77 Å². The molecule has 0 atom stereocenters. The zero-order valence-corrected chi connectivity index (χ0v) is 15.5. The van der Waals surface area contributed by atoms with E-state index in [4.69, 9.17) is 11.6 Å². The van der Waals surface area contributed by atoms with Crippen LogP contribution in [0.2, 0.25) is 5.02 Å². The van der Waals surface area contributed by atoms with Gasteiger partial charge in [0.2, 0.25) is 5.91 Å². The van der Waals surface area contributed by atoms with E-state index in [1.807, 2.05) is 24.3 Å². The number of thioether (sulfide) groups is 1. The highest BCUT2D eigenvalue weighted by molar-refractivity contribution is 8.00. The number of nitriles is 1. The molecular formula is C18H17ClN2OS2. The Bertz CT molecular complexity index is 795. The second-order valence-corrected chi connectivity index (χ2v) is 8.18. The molecule has 1 aliphatic carbocycles. The number of thiophene rings is 1. The lowest BCUT2D eigenvalue weighted by molar-refractivity contribution is -0.113. The number of rotatable bonds is 4. The molecule has 1 heterocycles. The first-order chi connectivity index (χ1) is 11.7. The summed E-state index contributed by atoms with van der Waals surface area (Å²) in [6.45, 7) is 0. The van der Waals surface area contributed by atoms with Crippen LogP contribution in [0.3, 0.4) is 0 Å². The van der Waals surface area contributed by atoms with Gasteiger partial charge in [-0.1, -0.05) is 30.2 Å². The molecule has 6 heteroatoms. The second kappa shape index (κ2) is 8.06. The molecule has 0 radical (unpaired) electrons. The maximum absolute atomic E-state index is 12.3. The molecule has 2 aromatic rings. The van der Waals surface area contributed by atoms with Crippen molar-refractivity contribution in [1.82, 2.24) is 0 Å². The topological polar surface area (TPSA) is 52.9 Å².